The van der Waals surface area contributed by atoms with Crippen LogP contribution in [-0.2, 0) is 16.4 Å². The van der Waals surface area contributed by atoms with Crippen molar-refractivity contribution in [1.82, 2.24) is 14.8 Å². The predicted octanol–water partition coefficient (Wildman–Crippen LogP) is 4.03. The van der Waals surface area contributed by atoms with Crippen LogP contribution in [0.4, 0.5) is 0 Å². The zero-order valence-electron chi connectivity index (χ0n) is 16.5. The highest BCUT2D eigenvalue weighted by Crippen LogP contribution is 2.29. The Labute approximate surface area is 179 Å². The predicted molar refractivity (Wildman–Crippen MR) is 119 cm³/mol. The summed E-state index contributed by atoms with van der Waals surface area (Å²) in [6.45, 7) is 2.56. The van der Waals surface area contributed by atoms with Crippen LogP contribution in [0.3, 0.4) is 0 Å². The maximum absolute atomic E-state index is 12.8. The van der Waals surface area contributed by atoms with Crippen molar-refractivity contribution in [2.75, 3.05) is 19.6 Å². The summed E-state index contributed by atoms with van der Waals surface area (Å²) in [6.07, 6.45) is 2.65. The van der Waals surface area contributed by atoms with Crippen LogP contribution in [0.25, 0.3) is 21.1 Å². The van der Waals surface area contributed by atoms with Gasteiger partial charge in [0.1, 0.15) is 4.21 Å². The quantitative estimate of drug-likeness (QED) is 0.469. The van der Waals surface area contributed by atoms with E-state index in [9.17, 15) is 8.42 Å². The third kappa shape index (κ3) is 4.00. The molecule has 1 saturated heterocycles. The third-order valence-corrected chi connectivity index (χ3v) is 8.71. The molecule has 5 rings (SSSR count). The van der Waals surface area contributed by atoms with Gasteiger partial charge in [0.15, 0.2) is 5.58 Å². The molecule has 1 N–H and O–H groups in total. The fourth-order valence-electron chi connectivity index (χ4n) is 4.09. The van der Waals surface area contributed by atoms with Gasteiger partial charge in [-0.05, 0) is 62.0 Å². The second-order valence-corrected chi connectivity index (χ2v) is 10.8. The van der Waals surface area contributed by atoms with Crippen molar-refractivity contribution in [1.29, 1.82) is 0 Å². The first kappa shape index (κ1) is 19.7. The van der Waals surface area contributed by atoms with E-state index in [0.717, 1.165) is 65.6 Å². The van der Waals surface area contributed by atoms with Gasteiger partial charge in [-0.1, -0.05) is 35.5 Å². The molecule has 156 valence electrons. The number of aromatic nitrogens is 1. The van der Waals surface area contributed by atoms with E-state index in [4.69, 9.17) is 4.52 Å². The van der Waals surface area contributed by atoms with Gasteiger partial charge in [-0.2, -0.15) is 0 Å². The lowest BCUT2D eigenvalue weighted by atomic mass is 10.1. The minimum Gasteiger partial charge on any atom is -0.356 e. The Morgan fingerprint density at radius 3 is 2.90 bits per heavy atom. The molecule has 2 aromatic carbocycles. The summed E-state index contributed by atoms with van der Waals surface area (Å²) in [7, 11) is -3.49. The molecule has 0 spiro atoms. The minimum atomic E-state index is -3.49. The van der Waals surface area contributed by atoms with Crippen molar-refractivity contribution in [2.45, 2.75) is 29.5 Å². The zero-order chi connectivity index (χ0) is 20.6. The van der Waals surface area contributed by atoms with E-state index >= 15 is 0 Å². The van der Waals surface area contributed by atoms with Crippen molar-refractivity contribution in [2.24, 2.45) is 0 Å². The number of benzene rings is 2. The zero-order valence-corrected chi connectivity index (χ0v) is 18.1. The van der Waals surface area contributed by atoms with E-state index in [-0.39, 0.29) is 6.04 Å². The monoisotopic (exact) mass is 441 g/mol. The summed E-state index contributed by atoms with van der Waals surface area (Å²) in [5.41, 5.74) is 1.82. The lowest BCUT2D eigenvalue weighted by Gasteiger charge is -2.16. The highest BCUT2D eigenvalue weighted by molar-refractivity contribution is 7.91. The van der Waals surface area contributed by atoms with E-state index in [1.807, 2.05) is 48.5 Å². The molecule has 0 amide bonds. The van der Waals surface area contributed by atoms with Gasteiger partial charge in [0, 0.05) is 22.7 Å². The van der Waals surface area contributed by atoms with Gasteiger partial charge in [0.05, 0.1) is 5.69 Å². The van der Waals surface area contributed by atoms with Gasteiger partial charge in [-0.15, -0.1) is 11.3 Å². The fraction of sp³-hybridized carbons (Fsp3) is 0.318. The first-order valence-electron chi connectivity index (χ1n) is 10.1. The number of aryl methyl sites for hydroxylation is 1. The van der Waals surface area contributed by atoms with Gasteiger partial charge in [0.2, 0.25) is 10.0 Å². The fourth-order valence-corrected chi connectivity index (χ4v) is 6.76. The summed E-state index contributed by atoms with van der Waals surface area (Å²) in [4.78, 5) is 2.32. The van der Waals surface area contributed by atoms with Crippen molar-refractivity contribution in [3.8, 4) is 0 Å². The highest BCUT2D eigenvalue weighted by Gasteiger charge is 2.28. The summed E-state index contributed by atoms with van der Waals surface area (Å²) < 4.78 is 35.3. The second-order valence-electron chi connectivity index (χ2n) is 7.74. The Bertz CT molecular complexity index is 1250. The molecule has 0 bridgehead atoms. The molecule has 0 saturated carbocycles. The van der Waals surface area contributed by atoms with E-state index in [0.29, 0.717) is 4.21 Å². The van der Waals surface area contributed by atoms with Gasteiger partial charge in [-0.25, -0.2) is 13.1 Å². The Hall–Kier alpha value is -2.26. The molecule has 30 heavy (non-hydrogen) atoms. The Morgan fingerprint density at radius 1 is 1.17 bits per heavy atom. The van der Waals surface area contributed by atoms with Gasteiger partial charge >= 0.3 is 0 Å². The van der Waals surface area contributed by atoms with Crippen LogP contribution < -0.4 is 4.72 Å². The maximum atomic E-state index is 12.8. The van der Waals surface area contributed by atoms with Crippen LogP contribution in [0.1, 0.15) is 18.5 Å². The van der Waals surface area contributed by atoms with E-state index in [2.05, 4.69) is 14.8 Å². The van der Waals surface area contributed by atoms with Gasteiger partial charge in [-0.3, -0.25) is 0 Å². The van der Waals surface area contributed by atoms with Crippen molar-refractivity contribution >= 4 is 42.4 Å². The molecule has 1 aliphatic rings. The lowest BCUT2D eigenvalue weighted by molar-refractivity contribution is 0.326. The first-order chi connectivity index (χ1) is 14.6. The van der Waals surface area contributed by atoms with E-state index in [1.165, 1.54) is 11.3 Å². The average molecular weight is 442 g/mol. The second kappa shape index (κ2) is 8.11. The number of para-hydroxylation sites is 1. The number of hydrogen-bond acceptors (Lipinski definition) is 6. The maximum Gasteiger partial charge on any atom is 0.250 e. The molecular weight excluding hydrogens is 418 g/mol. The Morgan fingerprint density at radius 2 is 2.00 bits per heavy atom. The molecule has 3 heterocycles. The van der Waals surface area contributed by atoms with Crippen molar-refractivity contribution in [3.05, 3.63) is 60.3 Å². The van der Waals surface area contributed by atoms with Gasteiger partial charge < -0.3 is 9.42 Å². The Balaban J connectivity index is 1.16. The number of likely N-dealkylation sites (tertiary alicyclic amines) is 1. The largest absolute Gasteiger partial charge is 0.356 e. The first-order valence-corrected chi connectivity index (χ1v) is 12.4. The highest BCUT2D eigenvalue weighted by atomic mass is 32.2. The van der Waals surface area contributed by atoms with Crippen LogP contribution in [0.2, 0.25) is 0 Å². The number of rotatable bonds is 7. The molecule has 1 aliphatic heterocycles. The smallest absolute Gasteiger partial charge is 0.250 e. The number of fused-ring (bicyclic) bond motifs is 2. The summed E-state index contributed by atoms with van der Waals surface area (Å²) >= 11 is 1.32. The standard InChI is InChI=1S/C22H23N3O3S2/c26-30(27,22-14-16-6-1-4-10-21(16)29-22)24-17-11-13-25(15-17)12-5-8-19-18-7-2-3-9-20(18)28-23-19/h1-4,6-7,9-10,14,17,24H,5,8,11-13,15H2/t17-/m0/s1. The molecule has 1 atom stereocenters. The number of sulfonamides is 1. The summed E-state index contributed by atoms with van der Waals surface area (Å²) in [5, 5.41) is 6.24. The molecule has 2 aromatic heterocycles. The lowest BCUT2D eigenvalue weighted by Crippen LogP contribution is -2.36. The molecule has 6 nitrogen and oxygen atoms in total. The SMILES string of the molecule is O=S(=O)(N[C@H]1CCN(CCCc2noc3ccccc23)C1)c1cc2ccccc2s1. The molecular formula is C22H23N3O3S2. The average Bonchev–Trinajstić information content (AvgIpc) is 3.46. The number of nitrogens with one attached hydrogen (secondary N) is 1. The topological polar surface area (TPSA) is 75.4 Å². The molecule has 1 fully saturated rings. The van der Waals surface area contributed by atoms with E-state index < -0.39 is 10.0 Å². The number of hydrogen-bond donors (Lipinski definition) is 1. The van der Waals surface area contributed by atoms with Crippen LogP contribution >= 0.6 is 11.3 Å². The van der Waals surface area contributed by atoms with Crippen molar-refractivity contribution < 1.29 is 12.9 Å². The molecule has 0 radical (unpaired) electrons. The normalized spacial score (nSPS) is 17.9. The minimum absolute atomic E-state index is 0.0481. The van der Waals surface area contributed by atoms with Gasteiger partial charge in [0.25, 0.3) is 0 Å². The summed E-state index contributed by atoms with van der Waals surface area (Å²) in [5.74, 6) is 0. The van der Waals surface area contributed by atoms with Crippen LogP contribution in [0.15, 0.2) is 63.3 Å². The molecule has 8 heteroatoms. The van der Waals surface area contributed by atoms with Crippen LogP contribution in [0, 0.1) is 0 Å². The number of nitrogens with zero attached hydrogens (tertiary/aromatic N) is 2. The molecule has 0 unspecified atom stereocenters. The van der Waals surface area contributed by atoms with Crippen LogP contribution in [-0.4, -0.2) is 44.2 Å². The number of thiophene rings is 1. The Kier molecular flexibility index (Phi) is 5.32. The van der Waals surface area contributed by atoms with Crippen molar-refractivity contribution in [3.63, 3.8) is 0 Å². The van der Waals surface area contributed by atoms with Crippen LogP contribution in [0.5, 0.6) is 0 Å². The third-order valence-electron chi connectivity index (χ3n) is 5.60. The summed E-state index contributed by atoms with van der Waals surface area (Å²) in [6, 6.07) is 17.4. The van der Waals surface area contributed by atoms with E-state index in [1.54, 1.807) is 6.07 Å². The molecule has 4 aromatic rings. The molecule has 0 aliphatic carbocycles.